The average Bonchev–Trinajstić information content (AvgIpc) is 2.89. The quantitative estimate of drug-likeness (QED) is 0.724. The Morgan fingerprint density at radius 2 is 2.47 bits per heavy atom. The van der Waals surface area contributed by atoms with Crippen molar-refractivity contribution >= 4 is 17.3 Å². The molecule has 0 bridgehead atoms. The molecular weight excluding hydrogens is 216 g/mol. The highest BCUT2D eigenvalue weighted by atomic mass is 32.1. The summed E-state index contributed by atoms with van der Waals surface area (Å²) in [5, 5.41) is 8.43. The van der Waals surface area contributed by atoms with Gasteiger partial charge >= 0.3 is 5.97 Å². The van der Waals surface area contributed by atoms with Crippen LogP contribution in [0.2, 0.25) is 0 Å². The maximum atomic E-state index is 11.3. The lowest BCUT2D eigenvalue weighted by Crippen LogP contribution is -2.03. The van der Waals surface area contributed by atoms with E-state index < -0.39 is 5.97 Å². The molecule has 0 aliphatic heterocycles. The third-order valence-corrected chi connectivity index (χ3v) is 2.51. The Hall–Kier alpha value is -1.76. The molecule has 0 amide bonds. The van der Waals surface area contributed by atoms with Crippen molar-refractivity contribution in [1.82, 2.24) is 19.7 Å². The van der Waals surface area contributed by atoms with E-state index in [-0.39, 0.29) is 5.01 Å². The summed E-state index contributed by atoms with van der Waals surface area (Å²) in [5.74, 6) is -0.443. The number of hydrogen-bond acceptors (Lipinski definition) is 6. The number of aromatic nitrogens is 4. The smallest absolute Gasteiger partial charge is 0.369 e. The number of hydrogen-bond donors (Lipinski definition) is 0. The second-order valence-electron chi connectivity index (χ2n) is 2.58. The Morgan fingerprint density at radius 1 is 1.60 bits per heavy atom. The van der Waals surface area contributed by atoms with Gasteiger partial charge in [0.15, 0.2) is 0 Å². The van der Waals surface area contributed by atoms with Crippen LogP contribution in [0, 0.1) is 0 Å². The van der Waals surface area contributed by atoms with E-state index in [2.05, 4.69) is 15.2 Å². The Kier molecular flexibility index (Phi) is 2.72. The number of carbonyl (C=O) groups is 1. The minimum Gasteiger partial charge on any atom is -0.461 e. The molecule has 0 unspecified atom stereocenters. The van der Waals surface area contributed by atoms with E-state index in [1.54, 1.807) is 30.2 Å². The zero-order chi connectivity index (χ0) is 10.7. The molecule has 0 atom stereocenters. The van der Waals surface area contributed by atoms with E-state index >= 15 is 0 Å². The molecule has 0 fully saturated rings. The van der Waals surface area contributed by atoms with Crippen LogP contribution in [0.5, 0.6) is 0 Å². The Balaban J connectivity index is 2.21. The first-order chi connectivity index (χ1) is 7.31. The summed E-state index contributed by atoms with van der Waals surface area (Å²) in [6.07, 6.45) is 4.95. The van der Waals surface area contributed by atoms with Crippen molar-refractivity contribution in [3.05, 3.63) is 23.7 Å². The van der Waals surface area contributed by atoms with Gasteiger partial charge in [0, 0.05) is 12.4 Å². The topological polar surface area (TPSA) is 69.9 Å². The summed E-state index contributed by atoms with van der Waals surface area (Å²) in [7, 11) is 0. The van der Waals surface area contributed by atoms with Gasteiger partial charge < -0.3 is 4.74 Å². The molecule has 0 saturated heterocycles. The van der Waals surface area contributed by atoms with Crippen molar-refractivity contribution < 1.29 is 9.53 Å². The molecule has 2 aromatic heterocycles. The Bertz CT molecular complexity index is 451. The van der Waals surface area contributed by atoms with E-state index in [0.29, 0.717) is 11.7 Å². The molecule has 2 rings (SSSR count). The first kappa shape index (κ1) is 9.78. The van der Waals surface area contributed by atoms with Gasteiger partial charge in [0.05, 0.1) is 6.61 Å². The van der Waals surface area contributed by atoms with Crippen molar-refractivity contribution in [3.63, 3.8) is 0 Å². The van der Waals surface area contributed by atoms with Crippen molar-refractivity contribution in [3.8, 4) is 5.13 Å². The van der Waals surface area contributed by atoms with Gasteiger partial charge in [-0.05, 0) is 6.92 Å². The number of ether oxygens (including phenoxy) is 1. The summed E-state index contributed by atoms with van der Waals surface area (Å²) in [4.78, 5) is 15.2. The molecule has 0 saturated carbocycles. The average molecular weight is 224 g/mol. The van der Waals surface area contributed by atoms with Crippen LogP contribution >= 0.6 is 11.3 Å². The molecule has 7 heteroatoms. The summed E-state index contributed by atoms with van der Waals surface area (Å²) >= 11 is 1.16. The third kappa shape index (κ3) is 2.01. The van der Waals surface area contributed by atoms with Gasteiger partial charge in [0.2, 0.25) is 10.1 Å². The summed E-state index contributed by atoms with van der Waals surface area (Å²) in [5.41, 5.74) is 0. The van der Waals surface area contributed by atoms with Gasteiger partial charge in [-0.3, -0.25) is 4.57 Å². The van der Waals surface area contributed by atoms with Crippen molar-refractivity contribution in [2.75, 3.05) is 6.61 Å². The van der Waals surface area contributed by atoms with Gasteiger partial charge in [0.25, 0.3) is 0 Å². The second kappa shape index (κ2) is 4.18. The second-order valence-corrected chi connectivity index (χ2v) is 3.54. The van der Waals surface area contributed by atoms with E-state index in [1.165, 1.54) is 0 Å². The number of nitrogens with zero attached hydrogens (tertiary/aromatic N) is 4. The molecule has 0 aliphatic rings. The number of esters is 1. The number of imidazole rings is 1. The van der Waals surface area contributed by atoms with Gasteiger partial charge in [0.1, 0.15) is 6.33 Å². The molecule has 6 nitrogen and oxygen atoms in total. The van der Waals surface area contributed by atoms with Crippen LogP contribution < -0.4 is 0 Å². The largest absolute Gasteiger partial charge is 0.461 e. The fourth-order valence-electron chi connectivity index (χ4n) is 0.967. The molecular formula is C8H8N4O2S. The fraction of sp³-hybridized carbons (Fsp3) is 0.250. The molecule has 78 valence electrons. The molecule has 0 N–H and O–H groups in total. The summed E-state index contributed by atoms with van der Waals surface area (Å²) in [6, 6.07) is 0. The first-order valence-electron chi connectivity index (χ1n) is 4.30. The zero-order valence-corrected chi connectivity index (χ0v) is 8.77. The fourth-order valence-corrected chi connectivity index (χ4v) is 1.66. The lowest BCUT2D eigenvalue weighted by atomic mass is 10.7. The molecule has 15 heavy (non-hydrogen) atoms. The highest BCUT2D eigenvalue weighted by Gasteiger charge is 2.14. The van der Waals surface area contributed by atoms with Gasteiger partial charge in [-0.2, -0.15) is 0 Å². The SMILES string of the molecule is CCOC(=O)c1nnc(-n2ccnc2)s1. The van der Waals surface area contributed by atoms with Crippen LogP contribution in [-0.4, -0.2) is 32.3 Å². The number of carbonyl (C=O) groups excluding carboxylic acids is 1. The Labute approximate surface area is 89.5 Å². The minimum atomic E-state index is -0.443. The predicted octanol–water partition coefficient (Wildman–Crippen LogP) is 0.901. The summed E-state index contributed by atoms with van der Waals surface area (Å²) < 4.78 is 6.48. The van der Waals surface area contributed by atoms with Crippen LogP contribution in [0.3, 0.4) is 0 Å². The van der Waals surface area contributed by atoms with Crippen LogP contribution in [-0.2, 0) is 4.74 Å². The van der Waals surface area contributed by atoms with Gasteiger partial charge in [-0.15, -0.1) is 10.2 Å². The van der Waals surface area contributed by atoms with Crippen molar-refractivity contribution in [2.24, 2.45) is 0 Å². The van der Waals surface area contributed by atoms with E-state index in [0.717, 1.165) is 11.3 Å². The van der Waals surface area contributed by atoms with Gasteiger partial charge in [-0.25, -0.2) is 9.78 Å². The molecule has 2 heterocycles. The van der Waals surface area contributed by atoms with Crippen molar-refractivity contribution in [1.29, 1.82) is 0 Å². The van der Waals surface area contributed by atoms with Gasteiger partial charge in [-0.1, -0.05) is 11.3 Å². The summed E-state index contributed by atoms with van der Waals surface area (Å²) in [6.45, 7) is 2.08. The minimum absolute atomic E-state index is 0.251. The monoisotopic (exact) mass is 224 g/mol. The maximum absolute atomic E-state index is 11.3. The predicted molar refractivity (Wildman–Crippen MR) is 53.0 cm³/mol. The first-order valence-corrected chi connectivity index (χ1v) is 5.12. The van der Waals surface area contributed by atoms with Crippen molar-refractivity contribution in [2.45, 2.75) is 6.92 Å². The van der Waals surface area contributed by atoms with Crippen LogP contribution in [0.15, 0.2) is 18.7 Å². The highest BCUT2D eigenvalue weighted by Crippen LogP contribution is 2.14. The van der Waals surface area contributed by atoms with Crippen LogP contribution in [0.25, 0.3) is 5.13 Å². The van der Waals surface area contributed by atoms with Crippen LogP contribution in [0.1, 0.15) is 16.7 Å². The van der Waals surface area contributed by atoms with E-state index in [4.69, 9.17) is 4.74 Å². The maximum Gasteiger partial charge on any atom is 0.369 e. The highest BCUT2D eigenvalue weighted by molar-refractivity contribution is 7.15. The van der Waals surface area contributed by atoms with Crippen LogP contribution in [0.4, 0.5) is 0 Å². The normalized spacial score (nSPS) is 10.2. The zero-order valence-electron chi connectivity index (χ0n) is 7.95. The Morgan fingerprint density at radius 3 is 3.13 bits per heavy atom. The molecule has 0 aliphatic carbocycles. The van der Waals surface area contributed by atoms with E-state index in [9.17, 15) is 4.79 Å². The molecule has 0 radical (unpaired) electrons. The standard InChI is InChI=1S/C8H8N4O2S/c1-2-14-7(13)6-10-11-8(15-6)12-4-3-9-5-12/h3-5H,2H2,1H3. The molecule has 0 aromatic carbocycles. The lowest BCUT2D eigenvalue weighted by Gasteiger charge is -1.94. The molecule has 2 aromatic rings. The third-order valence-electron chi connectivity index (χ3n) is 1.59. The van der Waals surface area contributed by atoms with E-state index in [1.807, 2.05) is 0 Å². The number of rotatable bonds is 3. The molecule has 0 spiro atoms. The lowest BCUT2D eigenvalue weighted by molar-refractivity contribution is 0.0525.